The van der Waals surface area contributed by atoms with Gasteiger partial charge in [0.15, 0.2) is 5.13 Å². The summed E-state index contributed by atoms with van der Waals surface area (Å²) in [6, 6.07) is 0. The number of aryl methyl sites for hydroxylation is 1. The predicted octanol–water partition coefficient (Wildman–Crippen LogP) is 2.26. The van der Waals surface area contributed by atoms with E-state index < -0.39 is 0 Å². The van der Waals surface area contributed by atoms with Crippen molar-refractivity contribution in [2.24, 2.45) is 11.7 Å². The van der Waals surface area contributed by atoms with Gasteiger partial charge in [0.2, 0.25) is 0 Å². The molecule has 2 N–H and O–H groups in total. The van der Waals surface area contributed by atoms with Crippen molar-refractivity contribution in [3.8, 4) is 0 Å². The Bertz CT molecular complexity index is 285. The molecule has 0 aliphatic rings. The standard InChI is InChI=1S/C11H21N3S/c1-5-9-10(6-12)15-11(13-9)14(4)7-8(2)3/h8H,5-7,12H2,1-4H3. The van der Waals surface area contributed by atoms with Crippen molar-refractivity contribution in [1.82, 2.24) is 4.98 Å². The van der Waals surface area contributed by atoms with E-state index in [1.54, 1.807) is 11.3 Å². The van der Waals surface area contributed by atoms with Gasteiger partial charge in [-0.1, -0.05) is 20.8 Å². The predicted molar refractivity (Wildman–Crippen MR) is 67.5 cm³/mol. The first-order valence-corrected chi connectivity index (χ1v) is 6.29. The van der Waals surface area contributed by atoms with Gasteiger partial charge in [0.1, 0.15) is 0 Å². The van der Waals surface area contributed by atoms with E-state index >= 15 is 0 Å². The molecule has 0 aliphatic heterocycles. The van der Waals surface area contributed by atoms with Crippen LogP contribution in [0.5, 0.6) is 0 Å². The van der Waals surface area contributed by atoms with Gasteiger partial charge in [-0.3, -0.25) is 0 Å². The van der Waals surface area contributed by atoms with E-state index in [1.165, 1.54) is 4.88 Å². The average molecular weight is 227 g/mol. The lowest BCUT2D eigenvalue weighted by atomic mass is 10.2. The fraction of sp³-hybridized carbons (Fsp3) is 0.727. The molecule has 4 heteroatoms. The number of hydrogen-bond acceptors (Lipinski definition) is 4. The fourth-order valence-corrected chi connectivity index (χ4v) is 2.59. The van der Waals surface area contributed by atoms with Gasteiger partial charge in [-0.05, 0) is 12.3 Å². The summed E-state index contributed by atoms with van der Waals surface area (Å²) in [5, 5.41) is 1.10. The molecule has 0 saturated heterocycles. The maximum absolute atomic E-state index is 5.69. The molecule has 0 bridgehead atoms. The zero-order valence-electron chi connectivity index (χ0n) is 10.1. The molecule has 1 aromatic rings. The Morgan fingerprint density at radius 1 is 1.47 bits per heavy atom. The van der Waals surface area contributed by atoms with Crippen LogP contribution in [0.2, 0.25) is 0 Å². The molecule has 15 heavy (non-hydrogen) atoms. The summed E-state index contributed by atoms with van der Waals surface area (Å²) in [6.07, 6.45) is 0.971. The average Bonchev–Trinajstić information content (AvgIpc) is 2.59. The summed E-state index contributed by atoms with van der Waals surface area (Å²) in [5.74, 6) is 0.658. The third kappa shape index (κ3) is 3.18. The van der Waals surface area contributed by atoms with Gasteiger partial charge in [-0.15, -0.1) is 11.3 Å². The van der Waals surface area contributed by atoms with Crippen LogP contribution in [-0.4, -0.2) is 18.6 Å². The van der Waals surface area contributed by atoms with E-state index in [4.69, 9.17) is 5.73 Å². The summed E-state index contributed by atoms with van der Waals surface area (Å²) >= 11 is 1.72. The second kappa shape index (κ2) is 5.47. The molecule has 0 saturated carbocycles. The Hall–Kier alpha value is -0.610. The second-order valence-corrected chi connectivity index (χ2v) is 5.26. The van der Waals surface area contributed by atoms with Crippen LogP contribution in [0.25, 0.3) is 0 Å². The van der Waals surface area contributed by atoms with E-state index in [9.17, 15) is 0 Å². The summed E-state index contributed by atoms with van der Waals surface area (Å²) in [4.78, 5) is 8.06. The lowest BCUT2D eigenvalue weighted by Crippen LogP contribution is -2.22. The molecule has 0 aliphatic carbocycles. The molecular formula is C11H21N3S. The summed E-state index contributed by atoms with van der Waals surface area (Å²) < 4.78 is 0. The van der Waals surface area contributed by atoms with Gasteiger partial charge < -0.3 is 10.6 Å². The molecule has 0 amide bonds. The largest absolute Gasteiger partial charge is 0.351 e. The highest BCUT2D eigenvalue weighted by molar-refractivity contribution is 7.15. The van der Waals surface area contributed by atoms with Gasteiger partial charge in [0.25, 0.3) is 0 Å². The Kier molecular flexibility index (Phi) is 4.54. The third-order valence-corrected chi connectivity index (χ3v) is 3.49. The number of hydrogen-bond donors (Lipinski definition) is 1. The van der Waals surface area contributed by atoms with Crippen molar-refractivity contribution in [2.45, 2.75) is 33.7 Å². The first kappa shape index (κ1) is 12.5. The van der Waals surface area contributed by atoms with E-state index in [-0.39, 0.29) is 0 Å². The molecule has 1 aromatic heterocycles. The maximum atomic E-state index is 5.69. The first-order valence-electron chi connectivity index (χ1n) is 5.48. The van der Waals surface area contributed by atoms with Crippen LogP contribution in [0.1, 0.15) is 31.3 Å². The van der Waals surface area contributed by atoms with Crippen LogP contribution in [0.3, 0.4) is 0 Å². The molecule has 86 valence electrons. The minimum absolute atomic E-state index is 0.607. The lowest BCUT2D eigenvalue weighted by Gasteiger charge is -2.17. The van der Waals surface area contributed by atoms with Gasteiger partial charge >= 0.3 is 0 Å². The van der Waals surface area contributed by atoms with Crippen LogP contribution in [-0.2, 0) is 13.0 Å². The maximum Gasteiger partial charge on any atom is 0.185 e. The van der Waals surface area contributed by atoms with Crippen molar-refractivity contribution in [3.05, 3.63) is 10.6 Å². The minimum Gasteiger partial charge on any atom is -0.351 e. The molecule has 0 unspecified atom stereocenters. The minimum atomic E-state index is 0.607. The number of thiazole rings is 1. The fourth-order valence-electron chi connectivity index (χ4n) is 1.59. The molecule has 3 nitrogen and oxygen atoms in total. The molecule has 0 aromatic carbocycles. The Balaban J connectivity index is 2.81. The van der Waals surface area contributed by atoms with Gasteiger partial charge in [-0.25, -0.2) is 4.98 Å². The number of nitrogens with zero attached hydrogens (tertiary/aromatic N) is 2. The highest BCUT2D eigenvalue weighted by Gasteiger charge is 2.12. The molecule has 1 rings (SSSR count). The monoisotopic (exact) mass is 227 g/mol. The second-order valence-electron chi connectivity index (χ2n) is 4.20. The van der Waals surface area contributed by atoms with Gasteiger partial charge in [0, 0.05) is 25.0 Å². The molecule has 0 spiro atoms. The summed E-state index contributed by atoms with van der Waals surface area (Å²) in [7, 11) is 2.10. The highest BCUT2D eigenvalue weighted by atomic mass is 32.1. The molecule has 0 radical (unpaired) electrons. The van der Waals surface area contributed by atoms with Crippen molar-refractivity contribution in [3.63, 3.8) is 0 Å². The molecule has 1 heterocycles. The smallest absolute Gasteiger partial charge is 0.185 e. The Morgan fingerprint density at radius 3 is 2.53 bits per heavy atom. The van der Waals surface area contributed by atoms with Crippen LogP contribution < -0.4 is 10.6 Å². The normalized spacial score (nSPS) is 11.1. The van der Waals surface area contributed by atoms with E-state index in [1.807, 2.05) is 0 Å². The summed E-state index contributed by atoms with van der Waals surface area (Å²) in [6.45, 7) is 8.21. The zero-order chi connectivity index (χ0) is 11.4. The number of anilines is 1. The number of aromatic nitrogens is 1. The number of rotatable bonds is 5. The van der Waals surface area contributed by atoms with Gasteiger partial charge in [0.05, 0.1) is 5.69 Å². The number of nitrogens with two attached hydrogens (primary N) is 1. The lowest BCUT2D eigenvalue weighted by molar-refractivity contribution is 0.637. The SMILES string of the molecule is CCc1nc(N(C)CC(C)C)sc1CN. The van der Waals surface area contributed by atoms with Crippen molar-refractivity contribution < 1.29 is 0 Å². The summed E-state index contributed by atoms with van der Waals surface area (Å²) in [5.41, 5.74) is 6.85. The van der Waals surface area contributed by atoms with Crippen LogP contribution in [0.4, 0.5) is 5.13 Å². The molecule has 0 fully saturated rings. The Labute approximate surface area is 96.3 Å². The first-order chi connectivity index (χ1) is 7.08. The van der Waals surface area contributed by atoms with E-state index in [0.29, 0.717) is 12.5 Å². The topological polar surface area (TPSA) is 42.2 Å². The van der Waals surface area contributed by atoms with Crippen LogP contribution in [0.15, 0.2) is 0 Å². The zero-order valence-corrected chi connectivity index (χ0v) is 10.9. The third-order valence-electron chi connectivity index (χ3n) is 2.25. The molecular weight excluding hydrogens is 206 g/mol. The van der Waals surface area contributed by atoms with Crippen molar-refractivity contribution in [1.29, 1.82) is 0 Å². The quantitative estimate of drug-likeness (QED) is 0.839. The van der Waals surface area contributed by atoms with Gasteiger partial charge in [-0.2, -0.15) is 0 Å². The van der Waals surface area contributed by atoms with Crippen LogP contribution >= 0.6 is 11.3 Å². The Morgan fingerprint density at radius 2 is 2.13 bits per heavy atom. The van der Waals surface area contributed by atoms with Crippen molar-refractivity contribution in [2.75, 3.05) is 18.5 Å². The van der Waals surface area contributed by atoms with E-state index in [0.717, 1.165) is 23.8 Å². The highest BCUT2D eigenvalue weighted by Crippen LogP contribution is 2.26. The van der Waals surface area contributed by atoms with E-state index in [2.05, 4.69) is 37.7 Å². The van der Waals surface area contributed by atoms with Crippen LogP contribution in [0, 0.1) is 5.92 Å². The molecule has 0 atom stereocenters. The van der Waals surface area contributed by atoms with Crippen molar-refractivity contribution >= 4 is 16.5 Å².